The largest absolute Gasteiger partial charge is 0.342 e. The number of aryl methyl sites for hydroxylation is 1. The van der Waals surface area contributed by atoms with Crippen molar-refractivity contribution >= 4 is 40.7 Å². The van der Waals surface area contributed by atoms with Gasteiger partial charge in [-0.2, -0.15) is 0 Å². The zero-order valence-corrected chi connectivity index (χ0v) is 20.8. The van der Waals surface area contributed by atoms with Crippen molar-refractivity contribution in [2.45, 2.75) is 39.2 Å². The van der Waals surface area contributed by atoms with Crippen molar-refractivity contribution in [1.29, 1.82) is 0 Å². The van der Waals surface area contributed by atoms with Gasteiger partial charge >= 0.3 is 0 Å². The molecule has 1 aliphatic rings. The molecule has 4 N–H and O–H groups in total. The summed E-state index contributed by atoms with van der Waals surface area (Å²) < 4.78 is 28.9. The van der Waals surface area contributed by atoms with E-state index in [1.165, 1.54) is 13.8 Å². The molecule has 192 valence electrons. The third-order valence-electron chi connectivity index (χ3n) is 5.67. The number of aromatic amines is 1. The van der Waals surface area contributed by atoms with E-state index in [0.717, 1.165) is 12.1 Å². The molecule has 0 radical (unpaired) electrons. The highest BCUT2D eigenvalue weighted by Gasteiger charge is 2.25. The maximum absolute atomic E-state index is 14.4. The highest BCUT2D eigenvalue weighted by Crippen LogP contribution is 2.35. The van der Waals surface area contributed by atoms with E-state index < -0.39 is 29.1 Å². The summed E-state index contributed by atoms with van der Waals surface area (Å²) in [4.78, 5) is 44.4. The first-order chi connectivity index (χ1) is 17.6. The topological polar surface area (TPSA) is 116 Å². The average molecular weight is 528 g/mol. The Bertz CT molecular complexity index is 1400. The second-order valence-corrected chi connectivity index (χ2v) is 9.03. The Labute approximate surface area is 216 Å². The lowest BCUT2D eigenvalue weighted by atomic mass is 10.1. The van der Waals surface area contributed by atoms with Crippen LogP contribution in [-0.4, -0.2) is 27.7 Å². The second-order valence-electron chi connectivity index (χ2n) is 8.65. The lowest BCUT2D eigenvalue weighted by molar-refractivity contribution is -0.116. The number of benzene rings is 2. The van der Waals surface area contributed by atoms with Crippen molar-refractivity contribution in [2.24, 2.45) is 0 Å². The summed E-state index contributed by atoms with van der Waals surface area (Å²) in [5, 5.41) is 8.26. The molecule has 1 aromatic heterocycles. The van der Waals surface area contributed by atoms with Gasteiger partial charge in [-0.05, 0) is 55.7 Å². The summed E-state index contributed by atoms with van der Waals surface area (Å²) in [7, 11) is 0. The van der Waals surface area contributed by atoms with Crippen LogP contribution in [0.1, 0.15) is 54.0 Å². The van der Waals surface area contributed by atoms with E-state index in [0.29, 0.717) is 28.9 Å². The smallest absolute Gasteiger partial charge is 0.257 e. The minimum absolute atomic E-state index is 0.130. The van der Waals surface area contributed by atoms with E-state index >= 15 is 0 Å². The molecule has 3 aromatic rings. The lowest BCUT2D eigenvalue weighted by Gasteiger charge is -2.16. The number of aromatic nitrogens is 2. The van der Waals surface area contributed by atoms with Crippen molar-refractivity contribution in [3.8, 4) is 11.3 Å². The predicted octanol–water partition coefficient (Wildman–Crippen LogP) is 5.42. The molecule has 1 atom stereocenters. The van der Waals surface area contributed by atoms with Crippen LogP contribution in [0.3, 0.4) is 0 Å². The van der Waals surface area contributed by atoms with E-state index in [-0.39, 0.29) is 41.3 Å². The molecule has 8 nitrogen and oxygen atoms in total. The number of hydrogen-bond acceptors (Lipinski definition) is 4. The van der Waals surface area contributed by atoms with Crippen molar-refractivity contribution in [3.05, 3.63) is 76.2 Å². The van der Waals surface area contributed by atoms with Crippen LogP contribution < -0.4 is 16.0 Å². The second kappa shape index (κ2) is 10.9. The first-order valence-electron chi connectivity index (χ1n) is 11.5. The van der Waals surface area contributed by atoms with Crippen molar-refractivity contribution in [3.63, 3.8) is 0 Å². The van der Waals surface area contributed by atoms with Gasteiger partial charge in [0.1, 0.15) is 33.9 Å². The van der Waals surface area contributed by atoms with E-state index in [1.807, 2.05) is 0 Å². The number of rotatable bonds is 3. The molecule has 0 saturated heterocycles. The van der Waals surface area contributed by atoms with Gasteiger partial charge in [0.05, 0.1) is 11.7 Å². The Balaban J connectivity index is 1.74. The summed E-state index contributed by atoms with van der Waals surface area (Å²) in [6.07, 6.45) is 4.33. The summed E-state index contributed by atoms with van der Waals surface area (Å²) in [6.45, 7) is 2.89. The standard InChI is InChI=1S/C26H24ClF2N5O3/c1-13-10-17(28)22(18(29)11-13)26(37)32-19-6-4-3-5-7-21(36)31-20-12-15(30-14(2)35)8-9-16(20)23-24(27)34-25(19)33-23/h3-4,8-12,19H,5-7H2,1-2H3,(H,30,35)(H,31,36)(H,32,37)(H,33,34). The number of H-pyrrole nitrogens is 1. The fourth-order valence-electron chi connectivity index (χ4n) is 4.01. The van der Waals surface area contributed by atoms with Gasteiger partial charge < -0.3 is 20.9 Å². The minimum Gasteiger partial charge on any atom is -0.342 e. The van der Waals surface area contributed by atoms with E-state index in [4.69, 9.17) is 11.6 Å². The van der Waals surface area contributed by atoms with Crippen LogP contribution in [0.25, 0.3) is 11.3 Å². The fourth-order valence-corrected chi connectivity index (χ4v) is 4.25. The number of imidazole rings is 1. The Morgan fingerprint density at radius 1 is 1.14 bits per heavy atom. The Morgan fingerprint density at radius 2 is 1.86 bits per heavy atom. The molecule has 1 unspecified atom stereocenters. The van der Waals surface area contributed by atoms with Gasteiger partial charge in [0, 0.05) is 24.6 Å². The maximum atomic E-state index is 14.4. The van der Waals surface area contributed by atoms with E-state index in [1.54, 1.807) is 30.4 Å². The van der Waals surface area contributed by atoms with Crippen LogP contribution in [0, 0.1) is 18.6 Å². The summed E-state index contributed by atoms with van der Waals surface area (Å²) in [5.41, 5.74) is 1.27. The fraction of sp³-hybridized carbons (Fsp3) is 0.231. The summed E-state index contributed by atoms with van der Waals surface area (Å²) in [5.74, 6) is -3.16. The molecule has 1 aliphatic heterocycles. The lowest BCUT2D eigenvalue weighted by Crippen LogP contribution is -2.30. The third kappa shape index (κ3) is 6.03. The van der Waals surface area contributed by atoms with Crippen LogP contribution in [0.4, 0.5) is 20.2 Å². The first kappa shape index (κ1) is 26.0. The average Bonchev–Trinajstić information content (AvgIpc) is 3.18. The highest BCUT2D eigenvalue weighted by molar-refractivity contribution is 6.32. The van der Waals surface area contributed by atoms with Gasteiger partial charge in [0.2, 0.25) is 11.8 Å². The molecule has 4 rings (SSSR count). The monoisotopic (exact) mass is 527 g/mol. The molecule has 0 saturated carbocycles. The number of carbonyl (C=O) groups excluding carboxylic acids is 3. The number of nitrogens with one attached hydrogen (secondary N) is 4. The third-order valence-corrected chi connectivity index (χ3v) is 5.95. The maximum Gasteiger partial charge on any atom is 0.257 e. The van der Waals surface area contributed by atoms with Gasteiger partial charge in [-0.1, -0.05) is 23.8 Å². The number of nitrogens with zero attached hydrogens (tertiary/aromatic N) is 1. The number of allylic oxidation sites excluding steroid dienone is 1. The van der Waals surface area contributed by atoms with Gasteiger partial charge in [-0.3, -0.25) is 14.4 Å². The predicted molar refractivity (Wildman–Crippen MR) is 136 cm³/mol. The Morgan fingerprint density at radius 3 is 2.57 bits per heavy atom. The van der Waals surface area contributed by atoms with Gasteiger partial charge in [-0.25, -0.2) is 13.8 Å². The molecule has 0 spiro atoms. The molecule has 3 amide bonds. The van der Waals surface area contributed by atoms with Crippen LogP contribution in [-0.2, 0) is 9.59 Å². The van der Waals surface area contributed by atoms with Crippen LogP contribution in [0.2, 0.25) is 5.15 Å². The van der Waals surface area contributed by atoms with Gasteiger partial charge in [-0.15, -0.1) is 0 Å². The Hall–Kier alpha value is -4.05. The summed E-state index contributed by atoms with van der Waals surface area (Å²) in [6, 6.07) is 6.24. The summed E-state index contributed by atoms with van der Waals surface area (Å²) >= 11 is 6.47. The zero-order chi connectivity index (χ0) is 26.7. The number of halogens is 3. The van der Waals surface area contributed by atoms with Crippen molar-refractivity contribution in [2.75, 3.05) is 10.6 Å². The Kier molecular flexibility index (Phi) is 7.68. The number of amides is 3. The first-order valence-corrected chi connectivity index (χ1v) is 11.9. The molecule has 2 bridgehead atoms. The normalized spacial score (nSPS) is 15.5. The SMILES string of the molecule is CC(=O)Nc1ccc2c(c1)NC(=O)CCC=CCC(NC(=O)c1c(F)cc(C)cc1F)c1nc-2c(Cl)[nH]1. The van der Waals surface area contributed by atoms with Crippen LogP contribution in [0.5, 0.6) is 0 Å². The van der Waals surface area contributed by atoms with Gasteiger partial charge in [0.25, 0.3) is 5.91 Å². The molecular weight excluding hydrogens is 504 g/mol. The molecule has 0 fully saturated rings. The highest BCUT2D eigenvalue weighted by atomic mass is 35.5. The van der Waals surface area contributed by atoms with Crippen molar-refractivity contribution in [1.82, 2.24) is 15.3 Å². The van der Waals surface area contributed by atoms with Crippen molar-refractivity contribution < 1.29 is 23.2 Å². The van der Waals surface area contributed by atoms with Crippen LogP contribution in [0.15, 0.2) is 42.5 Å². The number of carbonyl (C=O) groups is 3. The number of hydrogen-bond donors (Lipinski definition) is 4. The van der Waals surface area contributed by atoms with E-state index in [9.17, 15) is 23.2 Å². The molecule has 37 heavy (non-hydrogen) atoms. The van der Waals surface area contributed by atoms with E-state index in [2.05, 4.69) is 25.9 Å². The number of fused-ring (bicyclic) bond motifs is 4. The molecular formula is C26H24ClF2N5O3. The number of anilines is 2. The van der Waals surface area contributed by atoms with Crippen LogP contribution >= 0.6 is 11.6 Å². The molecule has 2 heterocycles. The molecule has 11 heteroatoms. The minimum atomic E-state index is -0.971. The molecule has 2 aromatic carbocycles. The zero-order valence-electron chi connectivity index (χ0n) is 20.0. The quantitative estimate of drug-likeness (QED) is 0.340. The molecule has 0 aliphatic carbocycles. The van der Waals surface area contributed by atoms with Gasteiger partial charge in [0.15, 0.2) is 0 Å².